The van der Waals surface area contributed by atoms with Gasteiger partial charge in [0.15, 0.2) is 0 Å². The Morgan fingerprint density at radius 3 is 2.65 bits per heavy atom. The maximum atomic E-state index is 5.24. The van der Waals surface area contributed by atoms with Gasteiger partial charge in [0.05, 0.1) is 18.3 Å². The summed E-state index contributed by atoms with van der Waals surface area (Å²) in [6.45, 7) is 11.3. The Bertz CT molecular complexity index is 412. The minimum atomic E-state index is 0.193. The first kappa shape index (κ1) is 17.0. The Hall–Kier alpha value is -1.07. The molecule has 1 aromatic heterocycles. The molecule has 0 aromatic carbocycles. The van der Waals surface area contributed by atoms with Crippen molar-refractivity contribution in [2.75, 3.05) is 46.2 Å². The molecule has 0 saturated heterocycles. The van der Waals surface area contributed by atoms with Gasteiger partial charge in [-0.05, 0) is 33.4 Å². The van der Waals surface area contributed by atoms with Crippen LogP contribution in [0, 0.1) is 12.3 Å². The summed E-state index contributed by atoms with van der Waals surface area (Å²) in [5.74, 6) is 0.930. The fourth-order valence-electron chi connectivity index (χ4n) is 2.53. The Kier molecular flexibility index (Phi) is 6.02. The minimum Gasteiger partial charge on any atom is -0.383 e. The molecule has 0 aliphatic carbocycles. The van der Waals surface area contributed by atoms with Crippen molar-refractivity contribution in [2.24, 2.45) is 5.41 Å². The summed E-state index contributed by atoms with van der Waals surface area (Å²) in [5.41, 5.74) is 1.22. The number of methoxy groups -OCH3 is 1. The zero-order chi connectivity index (χ0) is 15.3. The summed E-state index contributed by atoms with van der Waals surface area (Å²) in [7, 11) is 5.94. The summed E-state index contributed by atoms with van der Waals surface area (Å²) in [5, 5.41) is 3.49. The number of aromatic nitrogens is 2. The first-order chi connectivity index (χ1) is 9.25. The van der Waals surface area contributed by atoms with Crippen LogP contribution in [0.15, 0.2) is 6.20 Å². The van der Waals surface area contributed by atoms with Crippen LogP contribution in [0.3, 0.4) is 0 Å². The molecule has 20 heavy (non-hydrogen) atoms. The van der Waals surface area contributed by atoms with Crippen molar-refractivity contribution in [3.63, 3.8) is 0 Å². The lowest BCUT2D eigenvalue weighted by Gasteiger charge is -2.29. The van der Waals surface area contributed by atoms with Crippen LogP contribution in [0.2, 0.25) is 0 Å². The van der Waals surface area contributed by atoms with Gasteiger partial charge in [0.25, 0.3) is 0 Å². The molecule has 0 fully saturated rings. The number of hydrogen-bond donors (Lipinski definition) is 1. The highest BCUT2D eigenvalue weighted by Crippen LogP contribution is 2.20. The van der Waals surface area contributed by atoms with Crippen molar-refractivity contribution in [1.82, 2.24) is 14.5 Å². The third-order valence-electron chi connectivity index (χ3n) is 3.20. The van der Waals surface area contributed by atoms with Crippen LogP contribution in [0.1, 0.15) is 32.5 Å². The lowest BCUT2D eigenvalue weighted by Crippen LogP contribution is -2.35. The Labute approximate surface area is 123 Å². The minimum absolute atomic E-state index is 0.193. The van der Waals surface area contributed by atoms with E-state index in [2.05, 4.69) is 60.8 Å². The molecular weight excluding hydrogens is 252 g/mol. The van der Waals surface area contributed by atoms with Crippen molar-refractivity contribution in [3.8, 4) is 0 Å². The average molecular weight is 282 g/mol. The van der Waals surface area contributed by atoms with E-state index < -0.39 is 0 Å². The third-order valence-corrected chi connectivity index (χ3v) is 3.20. The molecule has 1 aromatic rings. The summed E-state index contributed by atoms with van der Waals surface area (Å²) in [6, 6.07) is 0.278. The highest BCUT2D eigenvalue weighted by molar-refractivity contribution is 5.30. The Balaban J connectivity index is 2.72. The van der Waals surface area contributed by atoms with Gasteiger partial charge in [-0.25, -0.2) is 4.98 Å². The van der Waals surface area contributed by atoms with Crippen LogP contribution >= 0.6 is 0 Å². The van der Waals surface area contributed by atoms with Gasteiger partial charge in [0.1, 0.15) is 0 Å². The fraction of sp³-hybridized carbons (Fsp3) is 0.800. The average Bonchev–Trinajstić information content (AvgIpc) is 2.67. The number of imidazole rings is 1. The van der Waals surface area contributed by atoms with Crippen LogP contribution < -0.4 is 5.32 Å². The number of hydrogen-bond acceptors (Lipinski definition) is 4. The predicted octanol–water partition coefficient (Wildman–Crippen LogP) is 2.40. The molecule has 0 bridgehead atoms. The molecule has 1 N–H and O–H groups in total. The van der Waals surface area contributed by atoms with Crippen molar-refractivity contribution < 1.29 is 4.74 Å². The van der Waals surface area contributed by atoms with Gasteiger partial charge in [-0.2, -0.15) is 0 Å². The van der Waals surface area contributed by atoms with E-state index in [0.717, 1.165) is 24.7 Å². The normalized spacial score (nSPS) is 13.8. The quantitative estimate of drug-likeness (QED) is 0.795. The number of rotatable bonds is 8. The molecule has 0 aliphatic rings. The number of ether oxygens (including phenoxy) is 1. The second-order valence-electron chi connectivity index (χ2n) is 6.67. The van der Waals surface area contributed by atoms with E-state index >= 15 is 0 Å². The number of nitrogens with zero attached hydrogens (tertiary/aromatic N) is 3. The molecule has 116 valence electrons. The molecule has 0 spiro atoms. The largest absolute Gasteiger partial charge is 0.383 e. The van der Waals surface area contributed by atoms with Gasteiger partial charge in [0.2, 0.25) is 5.95 Å². The van der Waals surface area contributed by atoms with E-state index in [1.54, 1.807) is 7.11 Å². The van der Waals surface area contributed by atoms with E-state index in [0.29, 0.717) is 6.61 Å². The van der Waals surface area contributed by atoms with Gasteiger partial charge in [-0.3, -0.25) is 0 Å². The van der Waals surface area contributed by atoms with Crippen LogP contribution in [-0.4, -0.2) is 55.4 Å². The van der Waals surface area contributed by atoms with Crippen molar-refractivity contribution >= 4 is 5.95 Å². The first-order valence-corrected chi connectivity index (χ1v) is 7.18. The van der Waals surface area contributed by atoms with Crippen LogP contribution in [-0.2, 0) is 4.74 Å². The fourth-order valence-corrected chi connectivity index (χ4v) is 2.53. The van der Waals surface area contributed by atoms with E-state index in [-0.39, 0.29) is 11.5 Å². The van der Waals surface area contributed by atoms with Gasteiger partial charge >= 0.3 is 0 Å². The van der Waals surface area contributed by atoms with E-state index in [1.165, 1.54) is 0 Å². The van der Waals surface area contributed by atoms with Crippen molar-refractivity contribution in [3.05, 3.63) is 11.9 Å². The lowest BCUT2D eigenvalue weighted by atomic mass is 9.93. The number of nitrogens with one attached hydrogen (secondary N) is 1. The number of aryl methyl sites for hydroxylation is 1. The van der Waals surface area contributed by atoms with Crippen LogP contribution in [0.25, 0.3) is 0 Å². The summed E-state index contributed by atoms with van der Waals surface area (Å²) < 4.78 is 7.39. The van der Waals surface area contributed by atoms with Gasteiger partial charge in [0, 0.05) is 26.4 Å². The second-order valence-corrected chi connectivity index (χ2v) is 6.67. The van der Waals surface area contributed by atoms with E-state index in [4.69, 9.17) is 4.74 Å². The Morgan fingerprint density at radius 1 is 1.45 bits per heavy atom. The molecule has 0 saturated carbocycles. The molecular formula is C15H30N4O. The molecule has 1 unspecified atom stereocenters. The standard InChI is InChI=1S/C15H30N4O/c1-12-8-19(13(2)9-20-7)14(17-12)16-10-15(3,4)11-18(5)6/h8,13H,9-11H2,1-7H3,(H,16,17). The summed E-state index contributed by atoms with van der Waals surface area (Å²) in [4.78, 5) is 6.79. The monoisotopic (exact) mass is 282 g/mol. The molecule has 1 atom stereocenters. The van der Waals surface area contributed by atoms with Gasteiger partial charge in [-0.15, -0.1) is 0 Å². The molecule has 0 amide bonds. The zero-order valence-corrected chi connectivity index (χ0v) is 14.0. The van der Waals surface area contributed by atoms with Crippen molar-refractivity contribution in [2.45, 2.75) is 33.7 Å². The molecule has 0 aliphatic heterocycles. The molecule has 1 rings (SSSR count). The first-order valence-electron chi connectivity index (χ1n) is 7.18. The molecule has 0 radical (unpaired) electrons. The smallest absolute Gasteiger partial charge is 0.203 e. The third kappa shape index (κ3) is 5.13. The predicted molar refractivity (Wildman–Crippen MR) is 84.4 cm³/mol. The maximum Gasteiger partial charge on any atom is 0.203 e. The molecule has 5 nitrogen and oxygen atoms in total. The van der Waals surface area contributed by atoms with Gasteiger partial charge < -0.3 is 19.5 Å². The van der Waals surface area contributed by atoms with E-state index in [9.17, 15) is 0 Å². The molecule has 1 heterocycles. The van der Waals surface area contributed by atoms with Crippen LogP contribution in [0.4, 0.5) is 5.95 Å². The lowest BCUT2D eigenvalue weighted by molar-refractivity contribution is 0.163. The van der Waals surface area contributed by atoms with Crippen molar-refractivity contribution in [1.29, 1.82) is 0 Å². The van der Waals surface area contributed by atoms with Gasteiger partial charge in [-0.1, -0.05) is 13.8 Å². The molecule has 5 heteroatoms. The van der Waals surface area contributed by atoms with Crippen LogP contribution in [0.5, 0.6) is 0 Å². The highest BCUT2D eigenvalue weighted by Gasteiger charge is 2.20. The highest BCUT2D eigenvalue weighted by atomic mass is 16.5. The second kappa shape index (κ2) is 7.09. The SMILES string of the molecule is COCC(C)n1cc(C)nc1NCC(C)(C)CN(C)C. The van der Waals surface area contributed by atoms with E-state index in [1.807, 2.05) is 6.92 Å². The summed E-state index contributed by atoms with van der Waals surface area (Å²) in [6.07, 6.45) is 2.07. The topological polar surface area (TPSA) is 42.3 Å². The summed E-state index contributed by atoms with van der Waals surface area (Å²) >= 11 is 0. The maximum absolute atomic E-state index is 5.24. The zero-order valence-electron chi connectivity index (χ0n) is 14.0. The Morgan fingerprint density at radius 2 is 2.10 bits per heavy atom. The number of anilines is 1.